The third-order valence-corrected chi connectivity index (χ3v) is 3.13. The number of nitrogens with one attached hydrogen (secondary N) is 1. The lowest BCUT2D eigenvalue weighted by Gasteiger charge is -2.32. The van der Waals surface area contributed by atoms with E-state index < -0.39 is 5.79 Å². The molecule has 1 saturated heterocycles. The normalized spacial score (nSPS) is 20.6. The monoisotopic (exact) mass is 237 g/mol. The maximum absolute atomic E-state index is 11.1. The Balaban J connectivity index is 0.000000514. The largest absolute Gasteiger partial charge is 0.347 e. The Hall–Kier alpha value is -1.13. The van der Waals surface area contributed by atoms with Gasteiger partial charge in [0.25, 0.3) is 0 Å². The first-order chi connectivity index (χ1) is 8.27. The number of ether oxygens (including phenoxy) is 2. The molecule has 0 amide bonds. The molecule has 0 bridgehead atoms. The van der Waals surface area contributed by atoms with E-state index in [1.165, 1.54) is 0 Å². The van der Waals surface area contributed by atoms with Gasteiger partial charge in [-0.05, 0) is 12.0 Å². The zero-order valence-electron chi connectivity index (χ0n) is 10.4. The SMILES string of the molecule is CC.O=c1ccc2c([nH]1)CCC1(C2)OCCO1. The molecule has 1 aromatic heterocycles. The predicted octanol–water partition coefficient (Wildman–Crippen LogP) is 1.63. The molecule has 4 heteroatoms. The van der Waals surface area contributed by atoms with Gasteiger partial charge in [-0.3, -0.25) is 4.79 Å². The molecule has 3 rings (SSSR count). The Morgan fingerprint density at radius 2 is 1.94 bits per heavy atom. The van der Waals surface area contributed by atoms with Crippen molar-refractivity contribution < 1.29 is 9.47 Å². The summed E-state index contributed by atoms with van der Waals surface area (Å²) in [4.78, 5) is 14.0. The van der Waals surface area contributed by atoms with Gasteiger partial charge in [0, 0.05) is 24.6 Å². The highest BCUT2D eigenvalue weighted by Gasteiger charge is 2.39. The van der Waals surface area contributed by atoms with E-state index in [4.69, 9.17) is 9.47 Å². The summed E-state index contributed by atoms with van der Waals surface area (Å²) in [5.74, 6) is -0.411. The topological polar surface area (TPSA) is 51.3 Å². The molecular formula is C13H19NO3. The summed E-state index contributed by atoms with van der Waals surface area (Å²) in [5, 5.41) is 0. The van der Waals surface area contributed by atoms with Crippen molar-refractivity contribution >= 4 is 0 Å². The van der Waals surface area contributed by atoms with Crippen LogP contribution in [0.5, 0.6) is 0 Å². The summed E-state index contributed by atoms with van der Waals surface area (Å²) in [6.07, 6.45) is 2.41. The van der Waals surface area contributed by atoms with E-state index in [2.05, 4.69) is 4.98 Å². The van der Waals surface area contributed by atoms with Crippen LogP contribution in [0.2, 0.25) is 0 Å². The second kappa shape index (κ2) is 5.02. The molecule has 0 aromatic carbocycles. The third kappa shape index (κ3) is 2.42. The predicted molar refractivity (Wildman–Crippen MR) is 65.1 cm³/mol. The summed E-state index contributed by atoms with van der Waals surface area (Å²) in [6, 6.07) is 3.44. The minimum Gasteiger partial charge on any atom is -0.347 e. The van der Waals surface area contributed by atoms with E-state index >= 15 is 0 Å². The number of aromatic nitrogens is 1. The molecular weight excluding hydrogens is 218 g/mol. The van der Waals surface area contributed by atoms with Gasteiger partial charge in [-0.15, -0.1) is 0 Å². The number of hydrogen-bond acceptors (Lipinski definition) is 3. The molecule has 1 aliphatic heterocycles. The molecule has 1 aliphatic carbocycles. The Morgan fingerprint density at radius 3 is 2.65 bits per heavy atom. The lowest BCUT2D eigenvalue weighted by Crippen LogP contribution is -2.37. The van der Waals surface area contributed by atoms with Crippen molar-refractivity contribution in [3.63, 3.8) is 0 Å². The van der Waals surface area contributed by atoms with Crippen LogP contribution in [0.1, 0.15) is 31.5 Å². The van der Waals surface area contributed by atoms with E-state index in [1.807, 2.05) is 19.9 Å². The first-order valence-electron chi connectivity index (χ1n) is 6.26. The number of aryl methyl sites for hydroxylation is 1. The quantitative estimate of drug-likeness (QED) is 0.746. The fourth-order valence-electron chi connectivity index (χ4n) is 2.37. The maximum atomic E-state index is 11.1. The van der Waals surface area contributed by atoms with E-state index in [1.54, 1.807) is 6.07 Å². The van der Waals surface area contributed by atoms with Gasteiger partial charge in [-0.2, -0.15) is 0 Å². The molecule has 17 heavy (non-hydrogen) atoms. The van der Waals surface area contributed by atoms with E-state index in [9.17, 15) is 4.79 Å². The molecule has 4 nitrogen and oxygen atoms in total. The molecule has 1 spiro atoms. The van der Waals surface area contributed by atoms with Crippen molar-refractivity contribution in [3.05, 3.63) is 33.7 Å². The Morgan fingerprint density at radius 1 is 1.24 bits per heavy atom. The average molecular weight is 237 g/mol. The summed E-state index contributed by atoms with van der Waals surface area (Å²) in [6.45, 7) is 5.36. The van der Waals surface area contributed by atoms with Crippen LogP contribution in [0.3, 0.4) is 0 Å². The lowest BCUT2D eigenvalue weighted by atomic mass is 9.91. The van der Waals surface area contributed by atoms with Gasteiger partial charge in [0.15, 0.2) is 5.79 Å². The molecule has 0 radical (unpaired) electrons. The summed E-state index contributed by atoms with van der Waals surface area (Å²) in [5.41, 5.74) is 2.15. The Kier molecular flexibility index (Phi) is 3.64. The third-order valence-electron chi connectivity index (χ3n) is 3.13. The summed E-state index contributed by atoms with van der Waals surface area (Å²) in [7, 11) is 0. The van der Waals surface area contributed by atoms with E-state index in [0.29, 0.717) is 13.2 Å². The van der Waals surface area contributed by atoms with Gasteiger partial charge >= 0.3 is 0 Å². The Labute approximate surface area is 101 Å². The number of H-pyrrole nitrogens is 1. The minimum atomic E-state index is -0.411. The minimum absolute atomic E-state index is 0.0297. The van der Waals surface area contributed by atoms with Crippen LogP contribution in [0.15, 0.2) is 16.9 Å². The van der Waals surface area contributed by atoms with Gasteiger partial charge in [0.2, 0.25) is 5.56 Å². The van der Waals surface area contributed by atoms with Crippen molar-refractivity contribution in [1.82, 2.24) is 4.98 Å². The van der Waals surface area contributed by atoms with Gasteiger partial charge in [-0.1, -0.05) is 19.9 Å². The van der Waals surface area contributed by atoms with Crippen LogP contribution in [-0.4, -0.2) is 24.0 Å². The zero-order valence-corrected chi connectivity index (χ0v) is 10.4. The van der Waals surface area contributed by atoms with Crippen LogP contribution < -0.4 is 5.56 Å². The van der Waals surface area contributed by atoms with Crippen molar-refractivity contribution in [3.8, 4) is 0 Å². The van der Waals surface area contributed by atoms with Crippen molar-refractivity contribution in [2.24, 2.45) is 0 Å². The number of aromatic amines is 1. The molecule has 2 heterocycles. The first kappa shape index (κ1) is 12.3. The molecule has 0 saturated carbocycles. The van der Waals surface area contributed by atoms with E-state index in [-0.39, 0.29) is 5.56 Å². The standard InChI is InChI=1S/C11H13NO3.C2H6/c13-10-2-1-8-7-11(14-5-6-15-11)4-3-9(8)12-10;1-2/h1-2H,3-7H2,(H,12,13);1-2H3. The van der Waals surface area contributed by atoms with Crippen molar-refractivity contribution in [2.45, 2.75) is 38.9 Å². The smallest absolute Gasteiger partial charge is 0.248 e. The maximum Gasteiger partial charge on any atom is 0.248 e. The highest BCUT2D eigenvalue weighted by atomic mass is 16.7. The number of fused-ring (bicyclic) bond motifs is 1. The van der Waals surface area contributed by atoms with Crippen LogP contribution >= 0.6 is 0 Å². The second-order valence-corrected chi connectivity index (χ2v) is 4.11. The van der Waals surface area contributed by atoms with Gasteiger partial charge in [0.1, 0.15) is 0 Å². The molecule has 1 aromatic rings. The highest BCUT2D eigenvalue weighted by molar-refractivity contribution is 5.24. The fourth-order valence-corrected chi connectivity index (χ4v) is 2.37. The summed E-state index contributed by atoms with van der Waals surface area (Å²) >= 11 is 0. The fraction of sp³-hybridized carbons (Fsp3) is 0.615. The molecule has 1 fully saturated rings. The second-order valence-electron chi connectivity index (χ2n) is 4.11. The van der Waals surface area contributed by atoms with Gasteiger partial charge in [-0.25, -0.2) is 0 Å². The number of hydrogen-bond donors (Lipinski definition) is 1. The number of rotatable bonds is 0. The molecule has 1 N–H and O–H groups in total. The van der Waals surface area contributed by atoms with Crippen LogP contribution in [0.25, 0.3) is 0 Å². The van der Waals surface area contributed by atoms with Gasteiger partial charge in [0.05, 0.1) is 13.2 Å². The molecule has 0 atom stereocenters. The highest BCUT2D eigenvalue weighted by Crippen LogP contribution is 2.33. The van der Waals surface area contributed by atoms with Crippen molar-refractivity contribution in [2.75, 3.05) is 13.2 Å². The van der Waals surface area contributed by atoms with Crippen LogP contribution in [0.4, 0.5) is 0 Å². The summed E-state index contributed by atoms with van der Waals surface area (Å²) < 4.78 is 11.3. The Bertz CT molecular complexity index is 433. The van der Waals surface area contributed by atoms with Gasteiger partial charge < -0.3 is 14.5 Å². The number of pyridine rings is 1. The van der Waals surface area contributed by atoms with E-state index in [0.717, 1.165) is 30.5 Å². The lowest BCUT2D eigenvalue weighted by molar-refractivity contribution is -0.164. The molecule has 2 aliphatic rings. The van der Waals surface area contributed by atoms with Crippen LogP contribution in [-0.2, 0) is 22.3 Å². The van der Waals surface area contributed by atoms with Crippen LogP contribution in [0, 0.1) is 0 Å². The first-order valence-corrected chi connectivity index (χ1v) is 6.26. The van der Waals surface area contributed by atoms with Crippen molar-refractivity contribution in [1.29, 1.82) is 0 Å². The molecule has 0 unspecified atom stereocenters. The molecule has 94 valence electrons. The average Bonchev–Trinajstić information content (AvgIpc) is 2.81. The zero-order chi connectivity index (χ0) is 12.3.